The highest BCUT2D eigenvalue weighted by atomic mass is 35.5. The van der Waals surface area contributed by atoms with Crippen LogP contribution in [0.3, 0.4) is 0 Å². The van der Waals surface area contributed by atoms with E-state index >= 15 is 0 Å². The second kappa shape index (κ2) is 5.35. The number of aliphatic carboxylic acids is 1. The minimum Gasteiger partial charge on any atom is -0.481 e. The van der Waals surface area contributed by atoms with Gasteiger partial charge in [0.05, 0.1) is 5.92 Å². The summed E-state index contributed by atoms with van der Waals surface area (Å²) in [7, 11) is 0. The van der Waals surface area contributed by atoms with Gasteiger partial charge in [0.15, 0.2) is 0 Å². The first-order valence-corrected chi connectivity index (χ1v) is 6.09. The number of hydrogen-bond acceptors (Lipinski definition) is 3. The predicted molar refractivity (Wildman–Crippen MR) is 65.5 cm³/mol. The lowest BCUT2D eigenvalue weighted by Crippen LogP contribution is -2.33. The van der Waals surface area contributed by atoms with Crippen LogP contribution in [0.2, 0.25) is 5.02 Å². The highest BCUT2D eigenvalue weighted by molar-refractivity contribution is 6.30. The summed E-state index contributed by atoms with van der Waals surface area (Å²) in [6, 6.07) is 2.98. The van der Waals surface area contributed by atoms with Gasteiger partial charge in [-0.1, -0.05) is 11.6 Å². The SMILES string of the molecule is O=C(NC1CCC(C(=O)O)C1)c1cc(Cl)ccn1. The van der Waals surface area contributed by atoms with Crippen molar-refractivity contribution in [2.45, 2.75) is 25.3 Å². The number of amides is 1. The summed E-state index contributed by atoms with van der Waals surface area (Å²) in [5.74, 6) is -1.47. The molecule has 6 heteroatoms. The molecule has 0 radical (unpaired) electrons. The molecule has 2 rings (SSSR count). The Kier molecular flexibility index (Phi) is 3.81. The third kappa shape index (κ3) is 2.98. The smallest absolute Gasteiger partial charge is 0.306 e. The molecule has 0 bridgehead atoms. The highest BCUT2D eigenvalue weighted by Gasteiger charge is 2.30. The van der Waals surface area contributed by atoms with Crippen molar-refractivity contribution in [1.29, 1.82) is 0 Å². The summed E-state index contributed by atoms with van der Waals surface area (Å²) in [6.45, 7) is 0. The highest BCUT2D eigenvalue weighted by Crippen LogP contribution is 2.25. The molecule has 2 N–H and O–H groups in total. The third-order valence-electron chi connectivity index (χ3n) is 3.07. The van der Waals surface area contributed by atoms with E-state index in [1.165, 1.54) is 12.3 Å². The van der Waals surface area contributed by atoms with Crippen LogP contribution in [-0.2, 0) is 4.79 Å². The lowest BCUT2D eigenvalue weighted by Gasteiger charge is -2.11. The van der Waals surface area contributed by atoms with Gasteiger partial charge < -0.3 is 10.4 Å². The van der Waals surface area contributed by atoms with E-state index in [2.05, 4.69) is 10.3 Å². The average molecular weight is 269 g/mol. The molecule has 0 aliphatic heterocycles. The zero-order valence-electron chi connectivity index (χ0n) is 9.60. The molecule has 1 aromatic rings. The predicted octanol–water partition coefficient (Wildman–Crippen LogP) is 1.72. The Bertz CT molecular complexity index is 478. The Morgan fingerprint density at radius 2 is 2.22 bits per heavy atom. The van der Waals surface area contributed by atoms with Crippen LogP contribution in [0, 0.1) is 5.92 Å². The van der Waals surface area contributed by atoms with Gasteiger partial charge in [0.1, 0.15) is 5.69 Å². The van der Waals surface area contributed by atoms with Crippen LogP contribution in [0.5, 0.6) is 0 Å². The maximum Gasteiger partial charge on any atom is 0.306 e. The molecule has 0 saturated heterocycles. The normalized spacial score (nSPS) is 22.7. The monoisotopic (exact) mass is 268 g/mol. The quantitative estimate of drug-likeness (QED) is 0.875. The van der Waals surface area contributed by atoms with E-state index in [-0.39, 0.29) is 23.6 Å². The van der Waals surface area contributed by atoms with Crippen molar-refractivity contribution in [1.82, 2.24) is 10.3 Å². The molecule has 2 unspecified atom stereocenters. The summed E-state index contributed by atoms with van der Waals surface area (Å²) in [4.78, 5) is 26.6. The molecular weight excluding hydrogens is 256 g/mol. The van der Waals surface area contributed by atoms with Gasteiger partial charge in [-0.2, -0.15) is 0 Å². The molecule has 5 nitrogen and oxygen atoms in total. The summed E-state index contributed by atoms with van der Waals surface area (Å²) in [5, 5.41) is 12.1. The number of rotatable bonds is 3. The van der Waals surface area contributed by atoms with Crippen LogP contribution in [0.4, 0.5) is 0 Å². The first-order chi connectivity index (χ1) is 8.56. The van der Waals surface area contributed by atoms with E-state index < -0.39 is 5.97 Å². The number of nitrogens with one attached hydrogen (secondary N) is 1. The lowest BCUT2D eigenvalue weighted by molar-refractivity contribution is -0.141. The number of hydrogen-bond donors (Lipinski definition) is 2. The van der Waals surface area contributed by atoms with Crippen LogP contribution in [-0.4, -0.2) is 28.0 Å². The third-order valence-corrected chi connectivity index (χ3v) is 3.31. The zero-order valence-corrected chi connectivity index (χ0v) is 10.4. The number of aromatic nitrogens is 1. The van der Waals surface area contributed by atoms with E-state index in [0.29, 0.717) is 24.3 Å². The van der Waals surface area contributed by atoms with Gasteiger partial charge in [-0.15, -0.1) is 0 Å². The number of halogens is 1. The van der Waals surface area contributed by atoms with Gasteiger partial charge in [0, 0.05) is 17.3 Å². The van der Waals surface area contributed by atoms with Crippen LogP contribution in [0.1, 0.15) is 29.8 Å². The molecule has 1 aliphatic rings. The number of carbonyl (C=O) groups excluding carboxylic acids is 1. The molecule has 0 spiro atoms. The first kappa shape index (κ1) is 12.8. The summed E-state index contributed by atoms with van der Waals surface area (Å²) in [5.41, 5.74) is 0.251. The van der Waals surface area contributed by atoms with Gasteiger partial charge in [-0.05, 0) is 31.4 Å². The molecule has 1 saturated carbocycles. The summed E-state index contributed by atoms with van der Waals surface area (Å²) >= 11 is 5.77. The maximum atomic E-state index is 11.8. The maximum absolute atomic E-state index is 11.8. The fraction of sp³-hybridized carbons (Fsp3) is 0.417. The standard InChI is InChI=1S/C12H13ClN2O3/c13-8-3-4-14-10(6-8)11(16)15-9-2-1-7(5-9)12(17)18/h3-4,6-7,9H,1-2,5H2,(H,15,16)(H,17,18). The number of nitrogens with zero attached hydrogens (tertiary/aromatic N) is 1. The fourth-order valence-corrected chi connectivity index (χ4v) is 2.28. The Balaban J connectivity index is 1.95. The van der Waals surface area contributed by atoms with Crippen LogP contribution in [0.25, 0.3) is 0 Å². The van der Waals surface area contributed by atoms with Crippen molar-refractivity contribution in [3.63, 3.8) is 0 Å². The molecule has 1 fully saturated rings. The van der Waals surface area contributed by atoms with E-state index in [9.17, 15) is 9.59 Å². The molecule has 0 aromatic carbocycles. The van der Waals surface area contributed by atoms with Gasteiger partial charge in [-0.25, -0.2) is 0 Å². The number of carboxylic acid groups (broad SMARTS) is 1. The Morgan fingerprint density at radius 1 is 1.44 bits per heavy atom. The molecule has 1 amide bonds. The number of carboxylic acids is 1. The molecule has 18 heavy (non-hydrogen) atoms. The summed E-state index contributed by atoms with van der Waals surface area (Å²) < 4.78 is 0. The molecule has 1 heterocycles. The molecule has 96 valence electrons. The topological polar surface area (TPSA) is 79.3 Å². The van der Waals surface area contributed by atoms with E-state index in [1.54, 1.807) is 6.07 Å². The van der Waals surface area contributed by atoms with Gasteiger partial charge in [0.25, 0.3) is 5.91 Å². The van der Waals surface area contributed by atoms with Gasteiger partial charge in [0.2, 0.25) is 0 Å². The molecule has 1 aromatic heterocycles. The van der Waals surface area contributed by atoms with Crippen molar-refractivity contribution < 1.29 is 14.7 Å². The van der Waals surface area contributed by atoms with Crippen LogP contribution in [0.15, 0.2) is 18.3 Å². The average Bonchev–Trinajstić information content (AvgIpc) is 2.77. The fourth-order valence-electron chi connectivity index (χ4n) is 2.13. The van der Waals surface area contributed by atoms with Crippen molar-refractivity contribution >= 4 is 23.5 Å². The van der Waals surface area contributed by atoms with E-state index in [1.807, 2.05) is 0 Å². The van der Waals surface area contributed by atoms with E-state index in [4.69, 9.17) is 16.7 Å². The zero-order chi connectivity index (χ0) is 13.1. The first-order valence-electron chi connectivity index (χ1n) is 5.71. The largest absolute Gasteiger partial charge is 0.481 e. The molecule has 1 aliphatic carbocycles. The summed E-state index contributed by atoms with van der Waals surface area (Å²) in [6.07, 6.45) is 3.22. The van der Waals surface area contributed by atoms with Gasteiger partial charge >= 0.3 is 5.97 Å². The second-order valence-corrected chi connectivity index (χ2v) is 4.81. The van der Waals surface area contributed by atoms with Crippen molar-refractivity contribution in [2.75, 3.05) is 0 Å². The second-order valence-electron chi connectivity index (χ2n) is 4.38. The number of pyridine rings is 1. The van der Waals surface area contributed by atoms with Crippen LogP contribution < -0.4 is 5.32 Å². The van der Waals surface area contributed by atoms with Crippen molar-refractivity contribution in [3.05, 3.63) is 29.0 Å². The molecular formula is C12H13ClN2O3. The Hall–Kier alpha value is -1.62. The number of carbonyl (C=O) groups is 2. The minimum atomic E-state index is -0.798. The lowest BCUT2D eigenvalue weighted by atomic mass is 10.1. The van der Waals surface area contributed by atoms with E-state index in [0.717, 1.165) is 0 Å². The Morgan fingerprint density at radius 3 is 2.83 bits per heavy atom. The van der Waals surface area contributed by atoms with Crippen molar-refractivity contribution in [2.24, 2.45) is 5.92 Å². The molecule has 2 atom stereocenters. The van der Waals surface area contributed by atoms with Crippen LogP contribution >= 0.6 is 11.6 Å². The minimum absolute atomic E-state index is 0.0978. The Labute approximate surface area is 109 Å². The van der Waals surface area contributed by atoms with Gasteiger partial charge in [-0.3, -0.25) is 14.6 Å². The van der Waals surface area contributed by atoms with Crippen molar-refractivity contribution in [3.8, 4) is 0 Å².